The number of nitrogens with one attached hydrogen (secondary N) is 4. The van der Waals surface area contributed by atoms with E-state index in [4.69, 9.17) is 0 Å². The third-order valence-corrected chi connectivity index (χ3v) is 6.81. The number of aliphatic hydroxyl groups is 1. The summed E-state index contributed by atoms with van der Waals surface area (Å²) in [6, 6.07) is 20.5. The monoisotopic (exact) mass is 505 g/mol. The summed E-state index contributed by atoms with van der Waals surface area (Å²) in [5.74, 6) is 1.75. The highest BCUT2D eigenvalue weighted by atomic mass is 16.3. The summed E-state index contributed by atoms with van der Waals surface area (Å²) in [4.78, 5) is 11.5. The van der Waals surface area contributed by atoms with Crippen molar-refractivity contribution in [1.82, 2.24) is 20.4 Å². The Hall–Kier alpha value is -4.54. The molecule has 2 aromatic carbocycles. The molecule has 0 saturated carbocycles. The van der Waals surface area contributed by atoms with E-state index in [9.17, 15) is 9.90 Å². The van der Waals surface area contributed by atoms with Crippen LogP contribution in [-0.2, 0) is 11.3 Å². The molecule has 1 radical (unpaired) electrons. The first-order chi connectivity index (χ1) is 18.5. The fraction of sp³-hybridized carbons (Fsp3) is 0.143. The number of amides is 1. The summed E-state index contributed by atoms with van der Waals surface area (Å²) in [6.45, 7) is 4.24. The van der Waals surface area contributed by atoms with Crippen LogP contribution in [0.2, 0.25) is 0 Å². The van der Waals surface area contributed by atoms with Crippen LogP contribution in [0.1, 0.15) is 29.3 Å². The zero-order valence-corrected chi connectivity index (χ0v) is 21.2. The van der Waals surface area contributed by atoms with Crippen molar-refractivity contribution in [3.63, 3.8) is 0 Å². The number of benzene rings is 2. The summed E-state index contributed by atoms with van der Waals surface area (Å²) < 4.78 is 4.28. The van der Waals surface area contributed by atoms with Crippen molar-refractivity contribution in [2.75, 3.05) is 17.2 Å². The number of hydrazine groups is 2. The van der Waals surface area contributed by atoms with Crippen molar-refractivity contribution < 1.29 is 14.4 Å². The van der Waals surface area contributed by atoms with Crippen LogP contribution in [0, 0.1) is 6.92 Å². The first-order valence-electron chi connectivity index (χ1n) is 12.5. The first kappa shape index (κ1) is 23.8. The minimum atomic E-state index is -0.101. The van der Waals surface area contributed by atoms with Gasteiger partial charge in [-0.2, -0.15) is 0 Å². The quantitative estimate of drug-likeness (QED) is 0.331. The molecule has 1 amide bonds. The normalized spacial score (nSPS) is 15.7. The molecule has 189 valence electrons. The molecule has 0 fully saturated rings. The first-order valence-corrected chi connectivity index (χ1v) is 12.5. The number of hydrogen-bond donors (Lipinski definition) is 5. The van der Waals surface area contributed by atoms with Crippen LogP contribution in [0.25, 0.3) is 5.57 Å². The Morgan fingerprint density at radius 1 is 1.08 bits per heavy atom. The fourth-order valence-corrected chi connectivity index (χ4v) is 4.90. The van der Waals surface area contributed by atoms with Crippen molar-refractivity contribution in [3.8, 4) is 0 Å². The Morgan fingerprint density at radius 2 is 1.89 bits per heavy atom. The molecule has 0 bridgehead atoms. The van der Waals surface area contributed by atoms with Gasteiger partial charge in [0, 0.05) is 36.5 Å². The highest BCUT2D eigenvalue weighted by molar-refractivity contribution is 6.30. The molecule has 6 rings (SSSR count). The lowest BCUT2D eigenvalue weighted by molar-refractivity contribution is -0.320. The van der Waals surface area contributed by atoms with E-state index in [1.54, 1.807) is 0 Å². The van der Waals surface area contributed by atoms with E-state index in [1.165, 1.54) is 18.1 Å². The number of hydrogen-bond acceptors (Lipinski definition) is 6. The molecule has 0 atom stereocenters. The van der Waals surface area contributed by atoms with Crippen LogP contribution in [0.4, 0.5) is 11.5 Å². The third-order valence-electron chi connectivity index (χ3n) is 6.81. The molecule has 10 heteroatoms. The summed E-state index contributed by atoms with van der Waals surface area (Å²) in [5, 5.41) is 17.8. The van der Waals surface area contributed by atoms with Gasteiger partial charge >= 0.3 is 7.55 Å². The van der Waals surface area contributed by atoms with Crippen molar-refractivity contribution in [1.29, 1.82) is 0 Å². The molecule has 4 heterocycles. The summed E-state index contributed by atoms with van der Waals surface area (Å²) >= 11 is 0. The average molecular weight is 505 g/mol. The van der Waals surface area contributed by atoms with Gasteiger partial charge in [-0.1, -0.05) is 41.9 Å². The lowest BCUT2D eigenvalue weighted by atomic mass is 9.92. The average Bonchev–Trinajstić information content (AvgIpc) is 3.65. The smallest absolute Gasteiger partial charge is 0.390 e. The number of carbonyl (C=O) groups is 1. The lowest BCUT2D eigenvalue weighted by Gasteiger charge is -2.23. The van der Waals surface area contributed by atoms with Gasteiger partial charge in [0.05, 0.1) is 18.1 Å². The number of carbonyl (C=O) groups excluding carboxylic acids is 1. The Kier molecular flexibility index (Phi) is 6.11. The van der Waals surface area contributed by atoms with E-state index < -0.39 is 0 Å². The number of nitrogens with zero attached hydrogens (tertiary/aromatic N) is 3. The molecule has 3 aliphatic heterocycles. The second-order valence-electron chi connectivity index (χ2n) is 9.37. The number of aryl methyl sites for hydroxylation is 1. The van der Waals surface area contributed by atoms with Crippen LogP contribution in [-0.4, -0.2) is 45.0 Å². The maximum atomic E-state index is 11.5. The second kappa shape index (κ2) is 9.73. The molecule has 3 aliphatic rings. The number of fused-ring (bicyclic) bond motifs is 2. The lowest BCUT2D eigenvalue weighted by Crippen LogP contribution is -2.44. The van der Waals surface area contributed by atoms with Crippen molar-refractivity contribution in [3.05, 3.63) is 113 Å². The van der Waals surface area contributed by atoms with Gasteiger partial charge in [0.25, 0.3) is 5.84 Å². The zero-order chi connectivity index (χ0) is 26.2. The van der Waals surface area contributed by atoms with Crippen LogP contribution in [0.3, 0.4) is 0 Å². The summed E-state index contributed by atoms with van der Waals surface area (Å²) in [7, 11) is 2.07. The van der Waals surface area contributed by atoms with E-state index in [0.29, 0.717) is 12.2 Å². The molecule has 5 N–H and O–H groups in total. The highest BCUT2D eigenvalue weighted by Gasteiger charge is 2.37. The largest absolute Gasteiger partial charge is 0.553 e. The van der Waals surface area contributed by atoms with Gasteiger partial charge in [-0.25, -0.2) is 0 Å². The Morgan fingerprint density at radius 3 is 2.63 bits per heavy atom. The van der Waals surface area contributed by atoms with Crippen LogP contribution >= 0.6 is 0 Å². The van der Waals surface area contributed by atoms with E-state index >= 15 is 0 Å². The fourth-order valence-electron chi connectivity index (χ4n) is 4.90. The molecule has 1 aromatic heterocycles. The predicted molar refractivity (Wildman–Crippen MR) is 149 cm³/mol. The van der Waals surface area contributed by atoms with E-state index in [2.05, 4.69) is 87.5 Å². The molecule has 0 unspecified atom stereocenters. The number of allylic oxidation sites excluding steroid dienone is 1. The minimum absolute atomic E-state index is 0.0898. The summed E-state index contributed by atoms with van der Waals surface area (Å²) in [5.41, 5.74) is 14.2. The Bertz CT molecular complexity index is 1550. The topological polar surface area (TPSA) is 96.6 Å². The standard InChI is InChI=1S/C28H28BN7O2/c1-18-5-3-4-6-21(18)15-30-26-13-11-24-28(20-7-9-22(10-8-20)31-19(2)38)25-12-14-27(36(25)29-35(24)26)34-16-23(17-37)32-33-34/h3-14,16,30,32-33,37H,15,17H2,1-2H3,(H,31,38)/q+1. The van der Waals surface area contributed by atoms with Crippen LogP contribution in [0.5, 0.6) is 0 Å². The van der Waals surface area contributed by atoms with Crippen molar-refractivity contribution in [2.45, 2.75) is 20.4 Å². The molecule has 9 nitrogen and oxygen atoms in total. The van der Waals surface area contributed by atoms with E-state index in [1.807, 2.05) is 41.6 Å². The Labute approximate surface area is 221 Å². The zero-order valence-electron chi connectivity index (χ0n) is 21.2. The number of anilines is 2. The van der Waals surface area contributed by atoms with E-state index in [-0.39, 0.29) is 12.5 Å². The number of rotatable bonds is 6. The number of aromatic nitrogens is 1. The molecule has 38 heavy (non-hydrogen) atoms. The van der Waals surface area contributed by atoms with Crippen LogP contribution in [0.15, 0.2) is 90.4 Å². The van der Waals surface area contributed by atoms with E-state index in [0.717, 1.165) is 39.9 Å². The molecule has 0 saturated heterocycles. The van der Waals surface area contributed by atoms with Crippen molar-refractivity contribution in [2.24, 2.45) is 0 Å². The summed E-state index contributed by atoms with van der Waals surface area (Å²) in [6.07, 6.45) is 5.96. The Balaban J connectivity index is 1.42. The maximum absolute atomic E-state index is 11.5. The highest BCUT2D eigenvalue weighted by Crippen LogP contribution is 2.36. The van der Waals surface area contributed by atoms with Gasteiger partial charge in [-0.3, -0.25) is 14.7 Å². The molecule has 0 aliphatic carbocycles. The van der Waals surface area contributed by atoms with Gasteiger partial charge < -0.3 is 20.2 Å². The minimum Gasteiger partial charge on any atom is -0.390 e. The molecule has 3 aromatic rings. The van der Waals surface area contributed by atoms with Gasteiger partial charge in [-0.05, 0) is 54.0 Å². The molecular formula is C28H28BN7O2+. The van der Waals surface area contributed by atoms with Gasteiger partial charge in [-0.15, -0.1) is 5.01 Å². The maximum Gasteiger partial charge on any atom is 0.553 e. The van der Waals surface area contributed by atoms with Crippen molar-refractivity contribution >= 4 is 36.4 Å². The molecule has 0 spiro atoms. The number of aliphatic hydroxyl groups excluding tert-OH is 1. The number of amidine groups is 1. The predicted octanol–water partition coefficient (Wildman–Crippen LogP) is 2.66. The SMILES string of the molecule is CC(=O)Nc1ccc(C2=C3C=CC(N4C=C(CO)NN4)=[N+]3[B]n3c(NCc4ccccc4C)ccc32)cc1. The van der Waals surface area contributed by atoms with Crippen LogP contribution < -0.4 is 21.6 Å². The third kappa shape index (κ3) is 4.29. The van der Waals surface area contributed by atoms with Gasteiger partial charge in [0.15, 0.2) is 0 Å². The molecular weight excluding hydrogens is 477 g/mol. The second-order valence-corrected chi connectivity index (χ2v) is 9.37. The van der Waals surface area contributed by atoms with Gasteiger partial charge in [0.1, 0.15) is 11.9 Å². The van der Waals surface area contributed by atoms with Gasteiger partial charge in [0.2, 0.25) is 5.91 Å².